The molecule has 2 heterocycles. The number of aromatic nitrogens is 2. The molecule has 4 nitrogen and oxygen atoms in total. The van der Waals surface area contributed by atoms with Crippen molar-refractivity contribution in [2.75, 3.05) is 5.32 Å². The molecule has 0 saturated carbocycles. The maximum atomic E-state index is 12.4. The molecule has 1 aromatic carbocycles. The molecule has 0 radical (unpaired) electrons. The molecule has 2 aromatic heterocycles. The van der Waals surface area contributed by atoms with Gasteiger partial charge in [0.2, 0.25) is 0 Å². The number of nitrogens with zero attached hydrogens (tertiary/aromatic N) is 2. The predicted octanol–water partition coefficient (Wildman–Crippen LogP) is 6.37. The van der Waals surface area contributed by atoms with Gasteiger partial charge >= 0.3 is 0 Å². The van der Waals surface area contributed by atoms with E-state index in [0.717, 1.165) is 32.5 Å². The smallest absolute Gasteiger partial charge is 0.269 e. The van der Waals surface area contributed by atoms with Gasteiger partial charge in [-0.1, -0.05) is 41.0 Å². The van der Waals surface area contributed by atoms with Gasteiger partial charge in [-0.3, -0.25) is 4.79 Å². The molecule has 27 heavy (non-hydrogen) atoms. The first-order chi connectivity index (χ1) is 13.0. The number of rotatable bonds is 6. The molecule has 3 rings (SSSR count). The summed E-state index contributed by atoms with van der Waals surface area (Å²) in [4.78, 5) is 15.2. The van der Waals surface area contributed by atoms with Crippen LogP contribution in [0.3, 0.4) is 0 Å². The molecule has 0 fully saturated rings. The van der Waals surface area contributed by atoms with Crippen LogP contribution in [0.15, 0.2) is 48.4 Å². The molecule has 1 N–H and O–H groups in total. The molecule has 1 amide bonds. The van der Waals surface area contributed by atoms with Crippen LogP contribution in [0.25, 0.3) is 15.3 Å². The highest BCUT2D eigenvalue weighted by molar-refractivity contribution is 8.10. The summed E-state index contributed by atoms with van der Waals surface area (Å²) in [6.45, 7) is 9.72. The first-order valence-corrected chi connectivity index (χ1v) is 10.8. The molecule has 0 aliphatic carbocycles. The third kappa shape index (κ3) is 4.37. The number of amides is 1. The van der Waals surface area contributed by atoms with Crippen molar-refractivity contribution in [2.24, 2.45) is 0 Å². The van der Waals surface area contributed by atoms with Crippen molar-refractivity contribution in [3.05, 3.63) is 70.1 Å². The van der Waals surface area contributed by atoms with Crippen LogP contribution in [-0.2, 0) is 0 Å². The zero-order chi connectivity index (χ0) is 19.4. The molecule has 0 atom stereocenters. The van der Waals surface area contributed by atoms with E-state index in [1.165, 1.54) is 10.5 Å². The van der Waals surface area contributed by atoms with Crippen LogP contribution in [0.1, 0.15) is 33.4 Å². The fraction of sp³-hybridized carbons (Fsp3) is 0.150. The maximum Gasteiger partial charge on any atom is 0.269 e. The molecule has 3 aromatic rings. The highest BCUT2D eigenvalue weighted by Crippen LogP contribution is 2.37. The van der Waals surface area contributed by atoms with Gasteiger partial charge in [-0.15, -0.1) is 16.4 Å². The molecular formula is C20H19N3OS3. The van der Waals surface area contributed by atoms with Gasteiger partial charge in [0.15, 0.2) is 0 Å². The van der Waals surface area contributed by atoms with E-state index in [0.29, 0.717) is 10.6 Å². The number of anilines is 1. The number of hydrogen-bond acceptors (Lipinski definition) is 6. The lowest BCUT2D eigenvalue weighted by molar-refractivity contribution is 0.103. The predicted molar refractivity (Wildman–Crippen MR) is 119 cm³/mol. The minimum absolute atomic E-state index is 0.167. The van der Waals surface area contributed by atoms with Crippen molar-refractivity contribution in [1.82, 2.24) is 9.59 Å². The zero-order valence-corrected chi connectivity index (χ0v) is 17.7. The summed E-state index contributed by atoms with van der Waals surface area (Å²) in [6.07, 6.45) is 2.09. The number of thioether (sulfide) groups is 1. The average molecular weight is 414 g/mol. The Morgan fingerprint density at radius 1 is 1.26 bits per heavy atom. The molecule has 7 heteroatoms. The standard InChI is InChI=1S/C20H19N3OS3/c1-5-16(25-6-2)14-8-7-12(3)15(11-14)17-9-10-18(26-17)21-20(24)19-13(4)22-23-27-19/h5-11H,2H2,1,3-4H3,(H,21,24)/b16-5-. The van der Waals surface area contributed by atoms with E-state index in [1.807, 2.05) is 24.5 Å². The lowest BCUT2D eigenvalue weighted by Gasteiger charge is -2.09. The van der Waals surface area contributed by atoms with E-state index < -0.39 is 0 Å². The van der Waals surface area contributed by atoms with Crippen LogP contribution >= 0.6 is 34.6 Å². The number of nitrogens with one attached hydrogen (secondary N) is 1. The summed E-state index contributed by atoms with van der Waals surface area (Å²) in [7, 11) is 0. The number of hydrogen-bond donors (Lipinski definition) is 1. The Morgan fingerprint density at radius 2 is 2.07 bits per heavy atom. The normalized spacial score (nSPS) is 11.4. The van der Waals surface area contributed by atoms with Gasteiger partial charge in [-0.05, 0) is 72.6 Å². The fourth-order valence-electron chi connectivity index (χ4n) is 2.59. The SMILES string of the molecule is C=CS/C(=C\C)c1ccc(C)c(-c2ccc(NC(=O)c3snnc3C)s2)c1. The van der Waals surface area contributed by atoms with Crippen molar-refractivity contribution in [3.63, 3.8) is 0 Å². The average Bonchev–Trinajstić information content (AvgIpc) is 3.29. The summed E-state index contributed by atoms with van der Waals surface area (Å²) in [5.41, 5.74) is 4.17. The molecule has 0 unspecified atom stereocenters. The summed E-state index contributed by atoms with van der Waals surface area (Å²) in [5.74, 6) is -0.167. The van der Waals surface area contributed by atoms with E-state index >= 15 is 0 Å². The van der Waals surface area contributed by atoms with E-state index in [4.69, 9.17) is 0 Å². The van der Waals surface area contributed by atoms with E-state index in [-0.39, 0.29) is 5.91 Å². The Labute approximate surface area is 171 Å². The highest BCUT2D eigenvalue weighted by Gasteiger charge is 2.15. The molecular weight excluding hydrogens is 394 g/mol. The third-order valence-electron chi connectivity index (χ3n) is 3.96. The van der Waals surface area contributed by atoms with Crippen molar-refractivity contribution < 1.29 is 4.79 Å². The van der Waals surface area contributed by atoms with Crippen LogP contribution in [0.5, 0.6) is 0 Å². The Kier molecular flexibility index (Phi) is 6.26. The lowest BCUT2D eigenvalue weighted by Crippen LogP contribution is -2.10. The third-order valence-corrected chi connectivity index (χ3v) is 6.71. The first kappa shape index (κ1) is 19.5. The van der Waals surface area contributed by atoms with Crippen molar-refractivity contribution >= 4 is 50.4 Å². The minimum atomic E-state index is -0.167. The minimum Gasteiger partial charge on any atom is -0.313 e. The molecule has 138 valence electrons. The second-order valence-corrected chi connectivity index (χ2v) is 8.62. The summed E-state index contributed by atoms with van der Waals surface area (Å²) >= 11 is 4.28. The summed E-state index contributed by atoms with van der Waals surface area (Å²) in [6, 6.07) is 10.4. The number of thiophene rings is 1. The van der Waals surface area contributed by atoms with Crippen LogP contribution in [-0.4, -0.2) is 15.5 Å². The lowest BCUT2D eigenvalue weighted by atomic mass is 10.0. The zero-order valence-electron chi connectivity index (χ0n) is 15.3. The van der Waals surface area contributed by atoms with Crippen LogP contribution in [0, 0.1) is 13.8 Å². The van der Waals surface area contributed by atoms with Gasteiger partial charge in [-0.2, -0.15) is 0 Å². The maximum absolute atomic E-state index is 12.4. The highest BCUT2D eigenvalue weighted by atomic mass is 32.2. The summed E-state index contributed by atoms with van der Waals surface area (Å²) in [5, 5.41) is 9.48. The number of allylic oxidation sites excluding steroid dienone is 1. The largest absolute Gasteiger partial charge is 0.313 e. The van der Waals surface area contributed by atoms with Crippen molar-refractivity contribution in [3.8, 4) is 10.4 Å². The Morgan fingerprint density at radius 3 is 2.74 bits per heavy atom. The van der Waals surface area contributed by atoms with Gasteiger partial charge in [0.1, 0.15) is 4.88 Å². The van der Waals surface area contributed by atoms with Gasteiger partial charge < -0.3 is 5.32 Å². The number of carbonyl (C=O) groups excluding carboxylic acids is 1. The molecule has 0 bridgehead atoms. The number of aryl methyl sites for hydroxylation is 2. The monoisotopic (exact) mass is 413 g/mol. The Bertz CT molecular complexity index is 1020. The quantitative estimate of drug-likeness (QED) is 0.510. The van der Waals surface area contributed by atoms with Crippen molar-refractivity contribution in [1.29, 1.82) is 0 Å². The van der Waals surface area contributed by atoms with Crippen LogP contribution in [0.4, 0.5) is 5.00 Å². The van der Waals surface area contributed by atoms with Gasteiger partial charge in [0.25, 0.3) is 5.91 Å². The Balaban J connectivity index is 1.87. The summed E-state index contributed by atoms with van der Waals surface area (Å²) < 4.78 is 3.82. The first-order valence-electron chi connectivity index (χ1n) is 8.29. The number of benzene rings is 1. The van der Waals surface area contributed by atoms with Crippen LogP contribution < -0.4 is 5.32 Å². The van der Waals surface area contributed by atoms with E-state index in [9.17, 15) is 4.79 Å². The molecule has 0 spiro atoms. The fourth-order valence-corrected chi connectivity index (χ4v) is 4.70. The van der Waals surface area contributed by atoms with E-state index in [1.54, 1.807) is 30.0 Å². The van der Waals surface area contributed by atoms with Gasteiger partial charge in [0, 0.05) is 9.78 Å². The molecule has 0 saturated heterocycles. The molecule has 0 aliphatic heterocycles. The van der Waals surface area contributed by atoms with Gasteiger partial charge in [0.05, 0.1) is 10.7 Å². The van der Waals surface area contributed by atoms with Crippen molar-refractivity contribution in [2.45, 2.75) is 20.8 Å². The second kappa shape index (κ2) is 8.65. The second-order valence-electron chi connectivity index (χ2n) is 5.77. The van der Waals surface area contributed by atoms with Gasteiger partial charge in [-0.25, -0.2) is 0 Å². The topological polar surface area (TPSA) is 54.9 Å². The Hall–Kier alpha value is -2.22. The molecule has 0 aliphatic rings. The van der Waals surface area contributed by atoms with Crippen LogP contribution in [0.2, 0.25) is 0 Å². The van der Waals surface area contributed by atoms with E-state index in [2.05, 4.69) is 52.7 Å². The number of carbonyl (C=O) groups is 1.